The highest BCUT2D eigenvalue weighted by Crippen LogP contribution is 2.56. The van der Waals surface area contributed by atoms with Gasteiger partial charge in [0.25, 0.3) is 0 Å². The Morgan fingerprint density at radius 2 is 1.94 bits per heavy atom. The van der Waals surface area contributed by atoms with Gasteiger partial charge in [0.05, 0.1) is 0 Å². The fraction of sp³-hybridized carbons (Fsp3) is 1.00. The molecule has 2 heteroatoms. The van der Waals surface area contributed by atoms with Gasteiger partial charge < -0.3 is 5.73 Å². The van der Waals surface area contributed by atoms with Gasteiger partial charge >= 0.3 is 0 Å². The Hall–Kier alpha value is -0.0800. The van der Waals surface area contributed by atoms with Gasteiger partial charge in [0.2, 0.25) is 0 Å². The van der Waals surface area contributed by atoms with Crippen molar-refractivity contribution < 1.29 is 0 Å². The van der Waals surface area contributed by atoms with Gasteiger partial charge in [-0.1, -0.05) is 6.92 Å². The summed E-state index contributed by atoms with van der Waals surface area (Å²) >= 11 is 0. The summed E-state index contributed by atoms with van der Waals surface area (Å²) < 4.78 is 0. The molecule has 0 aliphatic heterocycles. The fourth-order valence-corrected chi connectivity index (χ4v) is 3.00. The quantitative estimate of drug-likeness (QED) is 0.751. The third kappa shape index (κ3) is 2.02. The largest absolute Gasteiger partial charge is 0.329 e. The highest BCUT2D eigenvalue weighted by Gasteiger charge is 2.55. The van der Waals surface area contributed by atoms with E-state index < -0.39 is 0 Å². The minimum Gasteiger partial charge on any atom is -0.329 e. The molecule has 1 atom stereocenters. The van der Waals surface area contributed by atoms with Crippen LogP contribution in [0.4, 0.5) is 0 Å². The summed E-state index contributed by atoms with van der Waals surface area (Å²) in [5.41, 5.74) is 6.81. The van der Waals surface area contributed by atoms with Crippen LogP contribution in [0.5, 0.6) is 0 Å². The normalized spacial score (nSPS) is 27.2. The molecule has 2 saturated carbocycles. The van der Waals surface area contributed by atoms with Crippen LogP contribution >= 0.6 is 0 Å². The van der Waals surface area contributed by atoms with Crippen LogP contribution < -0.4 is 5.73 Å². The first kappa shape index (κ1) is 12.4. The Morgan fingerprint density at radius 3 is 2.25 bits per heavy atom. The van der Waals surface area contributed by atoms with Gasteiger partial charge in [0, 0.05) is 24.7 Å². The molecule has 0 saturated heterocycles. The van der Waals surface area contributed by atoms with Crippen molar-refractivity contribution in [2.24, 2.45) is 17.1 Å². The number of nitrogens with two attached hydrogens (primary N) is 1. The molecule has 0 aromatic heterocycles. The SMILES string of the molecule is CC(C)N(CC1CC1)C(C)(CN)C1(C)CC1. The molecule has 0 aromatic rings. The van der Waals surface area contributed by atoms with Gasteiger partial charge in [-0.3, -0.25) is 4.90 Å². The Morgan fingerprint density at radius 1 is 1.38 bits per heavy atom. The first-order chi connectivity index (χ1) is 7.43. The van der Waals surface area contributed by atoms with E-state index in [1.165, 1.54) is 32.2 Å². The van der Waals surface area contributed by atoms with Gasteiger partial charge in [-0.05, 0) is 57.8 Å². The molecule has 2 aliphatic carbocycles. The van der Waals surface area contributed by atoms with Gasteiger partial charge in [0.15, 0.2) is 0 Å². The predicted octanol–water partition coefficient (Wildman–Crippen LogP) is 2.62. The van der Waals surface area contributed by atoms with Gasteiger partial charge in [-0.15, -0.1) is 0 Å². The molecular weight excluding hydrogens is 196 g/mol. The molecule has 2 nitrogen and oxygen atoms in total. The van der Waals surface area contributed by atoms with E-state index in [2.05, 4.69) is 32.6 Å². The van der Waals surface area contributed by atoms with Crippen LogP contribution in [0.2, 0.25) is 0 Å². The molecule has 0 spiro atoms. The van der Waals surface area contributed by atoms with Crippen molar-refractivity contribution in [1.29, 1.82) is 0 Å². The highest BCUT2D eigenvalue weighted by molar-refractivity contribution is 5.10. The summed E-state index contributed by atoms with van der Waals surface area (Å²) in [4.78, 5) is 2.69. The maximum Gasteiger partial charge on any atom is 0.0359 e. The minimum absolute atomic E-state index is 0.212. The second kappa shape index (κ2) is 3.99. The van der Waals surface area contributed by atoms with Crippen molar-refractivity contribution in [2.45, 2.75) is 65.0 Å². The smallest absolute Gasteiger partial charge is 0.0359 e. The fourth-order valence-electron chi connectivity index (χ4n) is 3.00. The summed E-state index contributed by atoms with van der Waals surface area (Å²) in [6.07, 6.45) is 5.57. The third-order valence-electron chi connectivity index (χ3n) is 5.11. The zero-order valence-corrected chi connectivity index (χ0v) is 11.4. The summed E-state index contributed by atoms with van der Waals surface area (Å²) in [7, 11) is 0. The summed E-state index contributed by atoms with van der Waals surface area (Å²) in [5, 5.41) is 0. The number of nitrogens with zero attached hydrogens (tertiary/aromatic N) is 1. The molecule has 2 N–H and O–H groups in total. The number of hydrogen-bond donors (Lipinski definition) is 1. The first-order valence-electron chi connectivity index (χ1n) is 6.90. The van der Waals surface area contributed by atoms with E-state index >= 15 is 0 Å². The lowest BCUT2D eigenvalue weighted by Gasteiger charge is -2.48. The summed E-state index contributed by atoms with van der Waals surface area (Å²) in [6.45, 7) is 11.5. The van der Waals surface area contributed by atoms with E-state index in [1.807, 2.05) is 0 Å². The highest BCUT2D eigenvalue weighted by atomic mass is 15.2. The number of hydrogen-bond acceptors (Lipinski definition) is 2. The van der Waals surface area contributed by atoms with Crippen LogP contribution in [0.15, 0.2) is 0 Å². The lowest BCUT2D eigenvalue weighted by Crippen LogP contribution is -2.59. The second-order valence-corrected chi connectivity index (χ2v) is 6.73. The van der Waals surface area contributed by atoms with Crippen LogP contribution in [0.25, 0.3) is 0 Å². The van der Waals surface area contributed by atoms with Crippen LogP contribution in [0.1, 0.15) is 53.4 Å². The van der Waals surface area contributed by atoms with Crippen molar-refractivity contribution in [3.05, 3.63) is 0 Å². The van der Waals surface area contributed by atoms with Crippen LogP contribution in [0.3, 0.4) is 0 Å². The average molecular weight is 224 g/mol. The van der Waals surface area contributed by atoms with E-state index in [1.54, 1.807) is 0 Å². The zero-order chi connectivity index (χ0) is 12.0. The molecule has 2 rings (SSSR count). The van der Waals surface area contributed by atoms with Crippen molar-refractivity contribution in [3.63, 3.8) is 0 Å². The first-order valence-corrected chi connectivity index (χ1v) is 6.90. The van der Waals surface area contributed by atoms with E-state index in [4.69, 9.17) is 5.73 Å². The van der Waals surface area contributed by atoms with Gasteiger partial charge in [-0.2, -0.15) is 0 Å². The predicted molar refractivity (Wildman–Crippen MR) is 69.4 cm³/mol. The van der Waals surface area contributed by atoms with Crippen molar-refractivity contribution in [2.75, 3.05) is 13.1 Å². The van der Waals surface area contributed by atoms with E-state index in [0.29, 0.717) is 11.5 Å². The molecule has 16 heavy (non-hydrogen) atoms. The Labute approximate surface area is 101 Å². The molecule has 0 heterocycles. The lowest BCUT2D eigenvalue weighted by molar-refractivity contribution is 0.0169. The molecule has 0 amide bonds. The van der Waals surface area contributed by atoms with E-state index in [0.717, 1.165) is 12.5 Å². The van der Waals surface area contributed by atoms with Gasteiger partial charge in [0.1, 0.15) is 0 Å². The molecule has 0 aromatic carbocycles. The summed E-state index contributed by atoms with van der Waals surface area (Å²) in [6, 6.07) is 0.617. The monoisotopic (exact) mass is 224 g/mol. The Kier molecular flexibility index (Phi) is 3.09. The standard InChI is InChI=1S/C14H28N2/c1-11(2)16(9-12-5-6-12)14(4,10-15)13(3)7-8-13/h11-12H,5-10,15H2,1-4H3. The average Bonchev–Trinajstić information content (AvgIpc) is 3.10. The molecular formula is C14H28N2. The minimum atomic E-state index is 0.212. The molecule has 2 fully saturated rings. The van der Waals surface area contributed by atoms with E-state index in [-0.39, 0.29) is 5.54 Å². The van der Waals surface area contributed by atoms with Crippen LogP contribution in [-0.2, 0) is 0 Å². The maximum atomic E-state index is 6.13. The van der Waals surface area contributed by atoms with Crippen LogP contribution in [0, 0.1) is 11.3 Å². The maximum absolute atomic E-state index is 6.13. The topological polar surface area (TPSA) is 29.3 Å². The number of rotatable bonds is 6. The van der Waals surface area contributed by atoms with Crippen molar-refractivity contribution in [3.8, 4) is 0 Å². The van der Waals surface area contributed by atoms with E-state index in [9.17, 15) is 0 Å². The molecule has 0 radical (unpaired) electrons. The molecule has 0 bridgehead atoms. The third-order valence-corrected chi connectivity index (χ3v) is 5.11. The second-order valence-electron chi connectivity index (χ2n) is 6.73. The van der Waals surface area contributed by atoms with Gasteiger partial charge in [-0.25, -0.2) is 0 Å². The Balaban J connectivity index is 2.14. The van der Waals surface area contributed by atoms with Crippen molar-refractivity contribution >= 4 is 0 Å². The Bertz CT molecular complexity index is 253. The molecule has 2 aliphatic rings. The zero-order valence-electron chi connectivity index (χ0n) is 11.4. The summed E-state index contributed by atoms with van der Waals surface area (Å²) in [5.74, 6) is 0.954. The van der Waals surface area contributed by atoms with Crippen molar-refractivity contribution in [1.82, 2.24) is 4.90 Å². The molecule has 94 valence electrons. The molecule has 1 unspecified atom stereocenters. The van der Waals surface area contributed by atoms with Crippen LogP contribution in [-0.4, -0.2) is 29.6 Å². The lowest BCUT2D eigenvalue weighted by atomic mass is 9.81.